The minimum absolute atomic E-state index is 0. The van der Waals surface area contributed by atoms with Gasteiger partial charge in [-0.05, 0) is 68.5 Å². The second-order valence-electron chi connectivity index (χ2n) is 9.32. The van der Waals surface area contributed by atoms with Gasteiger partial charge in [0, 0.05) is 60.4 Å². The fourth-order valence-electron chi connectivity index (χ4n) is 4.54. The Hall–Kier alpha value is -1.64. The second kappa shape index (κ2) is 10.3. The molecule has 9 heteroatoms. The molecule has 1 amide bonds. The summed E-state index contributed by atoms with van der Waals surface area (Å²) in [6, 6.07) is 8.66. The molecular formula is C24H28ClN3NaO4. The van der Waals surface area contributed by atoms with Crippen LogP contribution in [0.5, 0.6) is 0 Å². The number of aliphatic carboxylic acids is 1. The van der Waals surface area contributed by atoms with Crippen molar-refractivity contribution in [2.24, 2.45) is 0 Å². The monoisotopic (exact) mass is 480 g/mol. The number of pyridine rings is 1. The Balaban J connectivity index is 0.00000306. The van der Waals surface area contributed by atoms with Gasteiger partial charge >= 0.3 is 12.1 Å². The van der Waals surface area contributed by atoms with E-state index in [0.717, 1.165) is 35.2 Å². The first-order valence-electron chi connectivity index (χ1n) is 10.8. The third-order valence-corrected chi connectivity index (χ3v) is 6.17. The van der Waals surface area contributed by atoms with E-state index in [1.807, 2.05) is 24.3 Å². The number of benzene rings is 1. The number of nitrogens with zero attached hydrogens (tertiary/aromatic N) is 3. The number of aromatic nitrogens is 1. The number of carbonyl (C=O) groups is 2. The smallest absolute Gasteiger partial charge is 0.411 e. The Kier molecular flexibility index (Phi) is 8.12. The van der Waals surface area contributed by atoms with Gasteiger partial charge in [0.05, 0.1) is 11.7 Å². The Morgan fingerprint density at radius 1 is 1.15 bits per heavy atom. The number of halogens is 1. The average Bonchev–Trinajstić information content (AvgIpc) is 2.88. The summed E-state index contributed by atoms with van der Waals surface area (Å²) in [4.78, 5) is 33.0. The summed E-state index contributed by atoms with van der Waals surface area (Å²) in [7, 11) is 0. The molecule has 1 saturated heterocycles. The molecule has 0 unspecified atom stereocenters. The van der Waals surface area contributed by atoms with E-state index in [1.54, 1.807) is 27.0 Å². The van der Waals surface area contributed by atoms with Gasteiger partial charge in [-0.1, -0.05) is 23.7 Å². The molecule has 1 N–H and O–H groups in total. The number of hydrogen-bond acceptors (Lipinski definition) is 5. The normalized spacial score (nSPS) is 20.7. The van der Waals surface area contributed by atoms with E-state index in [0.29, 0.717) is 11.6 Å². The maximum Gasteiger partial charge on any atom is 0.411 e. The topological polar surface area (TPSA) is 83.0 Å². The van der Waals surface area contributed by atoms with Crippen molar-refractivity contribution in [2.75, 3.05) is 19.6 Å². The maximum absolute atomic E-state index is 12.7. The fourth-order valence-corrected chi connectivity index (χ4v) is 4.74. The Labute approximate surface area is 221 Å². The molecule has 7 nitrogen and oxygen atoms in total. The molecule has 2 aliphatic rings. The van der Waals surface area contributed by atoms with E-state index in [4.69, 9.17) is 21.3 Å². The van der Waals surface area contributed by atoms with Gasteiger partial charge < -0.3 is 9.84 Å². The van der Waals surface area contributed by atoms with Crippen molar-refractivity contribution in [3.8, 4) is 0 Å². The molecule has 1 radical (unpaired) electrons. The first kappa shape index (κ1) is 26.0. The van der Waals surface area contributed by atoms with E-state index in [2.05, 4.69) is 11.0 Å². The van der Waals surface area contributed by atoms with Gasteiger partial charge in [-0.2, -0.15) is 0 Å². The molecular weight excluding hydrogens is 453 g/mol. The van der Waals surface area contributed by atoms with Crippen molar-refractivity contribution < 1.29 is 19.4 Å². The van der Waals surface area contributed by atoms with Crippen LogP contribution in [0.3, 0.4) is 0 Å². The molecule has 0 spiro atoms. The van der Waals surface area contributed by atoms with Gasteiger partial charge in [0.25, 0.3) is 0 Å². The van der Waals surface area contributed by atoms with Crippen LogP contribution in [0.1, 0.15) is 49.2 Å². The molecule has 2 atom stereocenters. The van der Waals surface area contributed by atoms with Crippen LogP contribution >= 0.6 is 11.6 Å². The quantitative estimate of drug-likeness (QED) is 0.662. The summed E-state index contributed by atoms with van der Waals surface area (Å²) >= 11 is 6.28. The third kappa shape index (κ3) is 5.72. The van der Waals surface area contributed by atoms with E-state index in [9.17, 15) is 14.7 Å². The van der Waals surface area contributed by atoms with Crippen LogP contribution in [-0.2, 0) is 22.4 Å². The molecule has 1 aliphatic heterocycles. The van der Waals surface area contributed by atoms with Crippen molar-refractivity contribution in [3.05, 3.63) is 63.9 Å². The molecule has 0 saturated carbocycles. The zero-order chi connectivity index (χ0) is 23.0. The number of amides is 1. The fraction of sp³-hybridized carbons (Fsp3) is 0.458. The summed E-state index contributed by atoms with van der Waals surface area (Å²) < 4.78 is 5.46. The van der Waals surface area contributed by atoms with Crippen LogP contribution in [0, 0.1) is 0 Å². The summed E-state index contributed by atoms with van der Waals surface area (Å²) in [5, 5.41) is 10.6. The average molecular weight is 481 g/mol. The predicted molar refractivity (Wildman–Crippen MR) is 127 cm³/mol. The standard InChI is InChI=1S/C24H28ClN3O4.Na/c1-24(2,3)32-23(31)28-12-11-27(14-19(28)22(29)30)21-18-9-8-17(25)13-16(18)7-6-15-5-4-10-26-20(15)21;/h4-5,8-10,13,19,21H,6-7,11-12,14H2,1-3H3,(H,29,30);/t19-,21+;/m1./s1. The summed E-state index contributed by atoms with van der Waals surface area (Å²) in [6.45, 7) is 6.25. The van der Waals surface area contributed by atoms with Crippen molar-refractivity contribution >= 4 is 53.2 Å². The van der Waals surface area contributed by atoms with Crippen LogP contribution in [0.25, 0.3) is 0 Å². The number of carbonyl (C=O) groups excluding carboxylic acids is 1. The van der Waals surface area contributed by atoms with E-state index < -0.39 is 23.7 Å². The second-order valence-corrected chi connectivity index (χ2v) is 9.75. The van der Waals surface area contributed by atoms with Crippen molar-refractivity contribution in [1.29, 1.82) is 0 Å². The molecule has 1 aromatic carbocycles. The number of piperazine rings is 1. The minimum atomic E-state index is -1.05. The predicted octanol–water partition coefficient (Wildman–Crippen LogP) is 3.55. The Morgan fingerprint density at radius 2 is 1.88 bits per heavy atom. The number of aryl methyl sites for hydroxylation is 2. The zero-order valence-corrected chi connectivity index (χ0v) is 22.3. The largest absolute Gasteiger partial charge is 0.480 e. The summed E-state index contributed by atoms with van der Waals surface area (Å²) in [6.07, 6.45) is 2.85. The number of carboxylic acid groups (broad SMARTS) is 1. The van der Waals surface area contributed by atoms with Crippen molar-refractivity contribution in [1.82, 2.24) is 14.8 Å². The van der Waals surface area contributed by atoms with Crippen molar-refractivity contribution in [3.63, 3.8) is 0 Å². The van der Waals surface area contributed by atoms with Gasteiger partial charge in [0.15, 0.2) is 0 Å². The number of rotatable bonds is 2. The van der Waals surface area contributed by atoms with Gasteiger partial charge in [0.2, 0.25) is 0 Å². The van der Waals surface area contributed by atoms with Crippen LogP contribution in [0.4, 0.5) is 4.79 Å². The van der Waals surface area contributed by atoms with Gasteiger partial charge in [-0.15, -0.1) is 0 Å². The molecule has 171 valence electrons. The molecule has 1 aliphatic carbocycles. The van der Waals surface area contributed by atoms with Crippen LogP contribution < -0.4 is 0 Å². The van der Waals surface area contributed by atoms with E-state index >= 15 is 0 Å². The first-order chi connectivity index (χ1) is 15.1. The minimum Gasteiger partial charge on any atom is -0.480 e. The molecule has 2 heterocycles. The SMILES string of the molecule is CC(C)(C)OC(=O)N1CCN([C@H]2c3ccc(Cl)cc3CCc3cccnc32)C[C@@H]1C(=O)O.[Na]. The van der Waals surface area contributed by atoms with E-state index in [1.165, 1.54) is 4.90 Å². The maximum atomic E-state index is 12.7. The van der Waals surface area contributed by atoms with Crippen LogP contribution in [0.2, 0.25) is 5.02 Å². The van der Waals surface area contributed by atoms with E-state index in [-0.39, 0.29) is 48.7 Å². The zero-order valence-electron chi connectivity index (χ0n) is 19.5. The van der Waals surface area contributed by atoms with Gasteiger partial charge in [0.1, 0.15) is 11.6 Å². The first-order valence-corrected chi connectivity index (χ1v) is 11.2. The Morgan fingerprint density at radius 3 is 2.58 bits per heavy atom. The van der Waals surface area contributed by atoms with Gasteiger partial charge in [-0.25, -0.2) is 9.59 Å². The van der Waals surface area contributed by atoms with Gasteiger partial charge in [-0.3, -0.25) is 14.8 Å². The number of ether oxygens (including phenoxy) is 1. The molecule has 1 fully saturated rings. The summed E-state index contributed by atoms with van der Waals surface area (Å²) in [5.74, 6) is -1.05. The molecule has 33 heavy (non-hydrogen) atoms. The van der Waals surface area contributed by atoms with Crippen LogP contribution in [0.15, 0.2) is 36.5 Å². The molecule has 0 bridgehead atoms. The third-order valence-electron chi connectivity index (χ3n) is 5.94. The Bertz CT molecular complexity index is 1040. The molecule has 4 rings (SSSR count). The van der Waals surface area contributed by atoms with Crippen LogP contribution in [-0.4, -0.2) is 92.8 Å². The number of hydrogen-bond donors (Lipinski definition) is 1. The summed E-state index contributed by atoms with van der Waals surface area (Å²) in [5.41, 5.74) is 3.61. The van der Waals surface area contributed by atoms with Crippen molar-refractivity contribution in [2.45, 2.75) is 51.3 Å². The number of carboxylic acids is 1. The number of fused-ring (bicyclic) bond motifs is 2. The molecule has 1 aromatic heterocycles. The molecule has 2 aromatic rings.